The van der Waals surface area contributed by atoms with Crippen LogP contribution in [0.15, 0.2) is 55.4 Å². The highest BCUT2D eigenvalue weighted by molar-refractivity contribution is 5.61. The van der Waals surface area contributed by atoms with Gasteiger partial charge in [0.2, 0.25) is 0 Å². The molecule has 88 valence electrons. The van der Waals surface area contributed by atoms with E-state index in [0.29, 0.717) is 5.82 Å². The summed E-state index contributed by atoms with van der Waals surface area (Å²) in [7, 11) is 0. The second-order valence-electron chi connectivity index (χ2n) is 3.83. The zero-order valence-electron chi connectivity index (χ0n) is 9.56. The molecule has 3 aromatic rings. The molecule has 0 aromatic carbocycles. The molecular weight excluding hydrogens is 226 g/mol. The molecule has 0 fully saturated rings. The van der Waals surface area contributed by atoms with Crippen molar-refractivity contribution in [2.24, 2.45) is 0 Å². The van der Waals surface area contributed by atoms with Gasteiger partial charge in [-0.2, -0.15) is 0 Å². The molecule has 5 heteroatoms. The molecule has 0 atom stereocenters. The van der Waals surface area contributed by atoms with Crippen LogP contribution >= 0.6 is 0 Å². The van der Waals surface area contributed by atoms with Crippen molar-refractivity contribution >= 4 is 5.82 Å². The van der Waals surface area contributed by atoms with E-state index in [1.54, 1.807) is 37.2 Å². The average molecular weight is 237 g/mol. The van der Waals surface area contributed by atoms with E-state index in [-0.39, 0.29) is 0 Å². The first-order valence-electron chi connectivity index (χ1n) is 5.49. The number of aromatic nitrogens is 4. The Balaban J connectivity index is 2.10. The van der Waals surface area contributed by atoms with Gasteiger partial charge in [-0.25, -0.2) is 9.97 Å². The quantitative estimate of drug-likeness (QED) is 0.739. The molecule has 0 radical (unpaired) electrons. The second-order valence-corrected chi connectivity index (χ2v) is 3.83. The number of rotatable bonds is 2. The van der Waals surface area contributed by atoms with E-state index < -0.39 is 0 Å². The minimum atomic E-state index is 0.508. The summed E-state index contributed by atoms with van der Waals surface area (Å²) in [5.74, 6) is 0.508. The summed E-state index contributed by atoms with van der Waals surface area (Å²) < 4.78 is 1.98. The van der Waals surface area contributed by atoms with Crippen LogP contribution in [0.1, 0.15) is 0 Å². The summed E-state index contributed by atoms with van der Waals surface area (Å²) in [5, 5.41) is 0. The van der Waals surface area contributed by atoms with E-state index in [0.717, 1.165) is 16.9 Å². The SMILES string of the molecule is Nc1ccc(-c2cncn2-c2ccncc2)cn1. The van der Waals surface area contributed by atoms with Gasteiger partial charge in [0.05, 0.1) is 23.9 Å². The van der Waals surface area contributed by atoms with Gasteiger partial charge in [0, 0.05) is 24.2 Å². The minimum absolute atomic E-state index is 0.508. The molecule has 3 heterocycles. The predicted molar refractivity (Wildman–Crippen MR) is 69.0 cm³/mol. The molecule has 0 spiro atoms. The number of anilines is 1. The normalized spacial score (nSPS) is 10.4. The van der Waals surface area contributed by atoms with E-state index in [2.05, 4.69) is 15.0 Å². The number of nitrogens with two attached hydrogens (primary N) is 1. The van der Waals surface area contributed by atoms with Crippen molar-refractivity contribution in [3.63, 3.8) is 0 Å². The molecule has 0 bridgehead atoms. The smallest absolute Gasteiger partial charge is 0.123 e. The van der Waals surface area contributed by atoms with E-state index in [1.165, 1.54) is 0 Å². The molecule has 0 saturated heterocycles. The van der Waals surface area contributed by atoms with Crippen LogP contribution in [0.3, 0.4) is 0 Å². The minimum Gasteiger partial charge on any atom is -0.384 e. The van der Waals surface area contributed by atoms with Crippen molar-refractivity contribution in [2.45, 2.75) is 0 Å². The van der Waals surface area contributed by atoms with Crippen molar-refractivity contribution in [3.8, 4) is 16.9 Å². The summed E-state index contributed by atoms with van der Waals surface area (Å²) in [6.45, 7) is 0. The van der Waals surface area contributed by atoms with Crippen molar-refractivity contribution in [1.29, 1.82) is 0 Å². The van der Waals surface area contributed by atoms with Gasteiger partial charge in [-0.3, -0.25) is 9.55 Å². The highest BCUT2D eigenvalue weighted by Crippen LogP contribution is 2.21. The van der Waals surface area contributed by atoms with Crippen LogP contribution in [0.4, 0.5) is 5.82 Å². The Morgan fingerprint density at radius 2 is 1.78 bits per heavy atom. The number of nitrogen functional groups attached to an aromatic ring is 1. The summed E-state index contributed by atoms with van der Waals surface area (Å²) in [6.07, 6.45) is 8.80. The first kappa shape index (κ1) is 10.5. The lowest BCUT2D eigenvalue weighted by atomic mass is 10.2. The Kier molecular flexibility index (Phi) is 2.49. The van der Waals surface area contributed by atoms with E-state index in [1.807, 2.05) is 22.8 Å². The number of pyridine rings is 2. The van der Waals surface area contributed by atoms with Gasteiger partial charge in [-0.05, 0) is 24.3 Å². The Morgan fingerprint density at radius 3 is 2.50 bits per heavy atom. The van der Waals surface area contributed by atoms with Crippen LogP contribution in [-0.2, 0) is 0 Å². The average Bonchev–Trinajstić information content (AvgIpc) is 2.90. The molecule has 0 aliphatic carbocycles. The summed E-state index contributed by atoms with van der Waals surface area (Å²) >= 11 is 0. The summed E-state index contributed by atoms with van der Waals surface area (Å²) in [5.41, 5.74) is 8.53. The van der Waals surface area contributed by atoms with Crippen molar-refractivity contribution < 1.29 is 0 Å². The maximum absolute atomic E-state index is 5.59. The first-order valence-corrected chi connectivity index (χ1v) is 5.49. The fraction of sp³-hybridized carbons (Fsp3) is 0. The van der Waals surface area contributed by atoms with Gasteiger partial charge in [0.25, 0.3) is 0 Å². The van der Waals surface area contributed by atoms with Crippen LogP contribution in [0.25, 0.3) is 16.9 Å². The lowest BCUT2D eigenvalue weighted by Crippen LogP contribution is -1.96. The molecule has 0 unspecified atom stereocenters. The van der Waals surface area contributed by atoms with E-state index in [9.17, 15) is 0 Å². The van der Waals surface area contributed by atoms with E-state index in [4.69, 9.17) is 5.73 Å². The van der Waals surface area contributed by atoms with Crippen LogP contribution in [-0.4, -0.2) is 19.5 Å². The molecule has 5 nitrogen and oxygen atoms in total. The maximum atomic E-state index is 5.59. The third kappa shape index (κ3) is 1.82. The Labute approximate surface area is 104 Å². The zero-order valence-corrected chi connectivity index (χ0v) is 9.56. The monoisotopic (exact) mass is 237 g/mol. The van der Waals surface area contributed by atoms with Crippen molar-refractivity contribution in [2.75, 3.05) is 5.73 Å². The topological polar surface area (TPSA) is 69.6 Å². The third-order valence-electron chi connectivity index (χ3n) is 2.66. The number of imidazole rings is 1. The van der Waals surface area contributed by atoms with Crippen LogP contribution in [0, 0.1) is 0 Å². The summed E-state index contributed by atoms with van der Waals surface area (Å²) in [4.78, 5) is 12.3. The van der Waals surface area contributed by atoms with E-state index >= 15 is 0 Å². The number of hydrogen-bond acceptors (Lipinski definition) is 4. The van der Waals surface area contributed by atoms with Gasteiger partial charge in [0.1, 0.15) is 5.82 Å². The zero-order chi connectivity index (χ0) is 12.4. The van der Waals surface area contributed by atoms with Crippen LogP contribution in [0.2, 0.25) is 0 Å². The molecule has 0 aliphatic heterocycles. The van der Waals surface area contributed by atoms with Crippen LogP contribution < -0.4 is 5.73 Å². The van der Waals surface area contributed by atoms with Gasteiger partial charge >= 0.3 is 0 Å². The highest BCUT2D eigenvalue weighted by atomic mass is 15.1. The molecule has 0 saturated carbocycles. The highest BCUT2D eigenvalue weighted by Gasteiger charge is 2.06. The predicted octanol–water partition coefficient (Wildman–Crippen LogP) is 1.91. The van der Waals surface area contributed by atoms with Gasteiger partial charge in [-0.1, -0.05) is 0 Å². The standard InChI is InChI=1S/C13H11N5/c14-13-2-1-10(7-17-13)12-8-16-9-18(12)11-3-5-15-6-4-11/h1-9H,(H2,14,17). The van der Waals surface area contributed by atoms with Crippen molar-refractivity contribution in [3.05, 3.63) is 55.4 Å². The lowest BCUT2D eigenvalue weighted by molar-refractivity contribution is 1.05. The fourth-order valence-corrected chi connectivity index (χ4v) is 1.78. The summed E-state index contributed by atoms with van der Waals surface area (Å²) in [6, 6.07) is 7.56. The molecule has 3 rings (SSSR count). The Bertz CT molecular complexity index is 643. The Hall–Kier alpha value is -2.69. The molecule has 0 amide bonds. The number of nitrogens with zero attached hydrogens (tertiary/aromatic N) is 4. The largest absolute Gasteiger partial charge is 0.384 e. The second kappa shape index (κ2) is 4.29. The molecule has 3 aromatic heterocycles. The first-order chi connectivity index (χ1) is 8.84. The maximum Gasteiger partial charge on any atom is 0.123 e. The molecule has 2 N–H and O–H groups in total. The van der Waals surface area contributed by atoms with Crippen molar-refractivity contribution in [1.82, 2.24) is 19.5 Å². The number of hydrogen-bond donors (Lipinski definition) is 1. The molecule has 18 heavy (non-hydrogen) atoms. The van der Waals surface area contributed by atoms with Crippen LogP contribution in [0.5, 0.6) is 0 Å². The third-order valence-corrected chi connectivity index (χ3v) is 2.66. The van der Waals surface area contributed by atoms with Gasteiger partial charge in [0.15, 0.2) is 0 Å². The molecule has 0 aliphatic rings. The fourth-order valence-electron chi connectivity index (χ4n) is 1.78. The van der Waals surface area contributed by atoms with Gasteiger partial charge in [-0.15, -0.1) is 0 Å². The Morgan fingerprint density at radius 1 is 0.944 bits per heavy atom. The van der Waals surface area contributed by atoms with Gasteiger partial charge < -0.3 is 5.73 Å². The lowest BCUT2D eigenvalue weighted by Gasteiger charge is -2.07. The molecular formula is C13H11N5.